The molecule has 0 amide bonds. The Hall–Kier alpha value is 0.602. The van der Waals surface area contributed by atoms with Crippen molar-refractivity contribution in [1.29, 1.82) is 0 Å². The summed E-state index contributed by atoms with van der Waals surface area (Å²) in [5.41, 5.74) is 5.22. The van der Waals surface area contributed by atoms with Crippen molar-refractivity contribution in [2.75, 3.05) is 0 Å². The average Bonchev–Trinajstić information content (AvgIpc) is 2.70. The summed E-state index contributed by atoms with van der Waals surface area (Å²) in [4.78, 5) is 0. The van der Waals surface area contributed by atoms with E-state index in [1.165, 1.54) is 77.0 Å². The Balaban J connectivity index is 0.000000758. The van der Waals surface area contributed by atoms with Crippen molar-refractivity contribution in [2.45, 2.75) is 108 Å². The molecule has 3 rings (SSSR count). The van der Waals surface area contributed by atoms with E-state index in [2.05, 4.69) is 32.0 Å². The molecule has 1 aromatic carbocycles. The van der Waals surface area contributed by atoms with Crippen molar-refractivity contribution in [2.24, 2.45) is 0 Å². The second kappa shape index (κ2) is 12.9. The zero-order valence-corrected chi connectivity index (χ0v) is 20.2. The minimum atomic E-state index is 0.0641. The summed E-state index contributed by atoms with van der Waals surface area (Å²) in [5, 5.41) is 3.71. The first-order valence-corrected chi connectivity index (χ1v) is 15.7. The Morgan fingerprint density at radius 1 is 0.808 bits per heavy atom. The maximum atomic E-state index is 5.05. The van der Waals surface area contributed by atoms with Crippen LogP contribution in [0.5, 0.6) is 0 Å². The van der Waals surface area contributed by atoms with Crippen molar-refractivity contribution in [3.05, 3.63) is 29.3 Å². The van der Waals surface area contributed by atoms with Gasteiger partial charge in [0.2, 0.25) is 0 Å². The molecule has 0 bridgehead atoms. The number of benzene rings is 1. The molecule has 0 N–H and O–H groups in total. The minimum absolute atomic E-state index is 0.0641. The molecule has 0 aliphatic heterocycles. The molecule has 3 heteroatoms. The fraction of sp³-hybridized carbons (Fsp3) is 0.739. The Morgan fingerprint density at radius 3 is 1.54 bits per heavy atom. The normalized spacial score (nSPS) is 19.4. The van der Waals surface area contributed by atoms with Crippen LogP contribution in [0.4, 0.5) is 0 Å². The number of aryl methyl sites for hydroxylation is 2. The maximum absolute atomic E-state index is 5.05. The van der Waals surface area contributed by atoms with Gasteiger partial charge in [-0.25, -0.2) is 0 Å². The first kappa shape index (κ1) is 22.9. The Morgan fingerprint density at radius 2 is 1.19 bits per heavy atom. The van der Waals surface area contributed by atoms with Crippen LogP contribution >= 0.6 is 17.5 Å². The van der Waals surface area contributed by atoms with Crippen LogP contribution in [0.15, 0.2) is 18.2 Å². The van der Waals surface area contributed by atoms with Gasteiger partial charge in [-0.1, -0.05) is 78.5 Å². The third-order valence-electron chi connectivity index (χ3n) is 6.09. The molecule has 0 unspecified atom stereocenters. The van der Waals surface area contributed by atoms with Crippen molar-refractivity contribution in [3.63, 3.8) is 0 Å². The predicted molar refractivity (Wildman–Crippen MR) is 117 cm³/mol. The van der Waals surface area contributed by atoms with Gasteiger partial charge in [0, 0.05) is 0 Å². The van der Waals surface area contributed by atoms with E-state index in [0.717, 1.165) is 11.3 Å². The number of hydrogen-bond donors (Lipinski definition) is 0. The van der Waals surface area contributed by atoms with Crippen LogP contribution in [-0.2, 0) is 29.8 Å². The van der Waals surface area contributed by atoms with Gasteiger partial charge in [0.15, 0.2) is 0 Å². The van der Waals surface area contributed by atoms with Gasteiger partial charge < -0.3 is 0 Å². The standard InChI is InChI=1S/C22H35P.CH3.ClH.Pd/c1-3-18-15-19(4-2)17-22(16-18)23(20-11-7-5-8-12-20)21-13-9-6-10-14-21;;;/h15-17,20-21H,3-14H2,1-2H3;1H3;1H;/q;;;+1/p-1. The summed E-state index contributed by atoms with van der Waals surface area (Å²) in [6.07, 6.45) is 17.4. The average molecular weight is 487 g/mol. The van der Waals surface area contributed by atoms with E-state index in [0.29, 0.717) is 17.0 Å². The molecule has 2 fully saturated rings. The topological polar surface area (TPSA) is 0 Å². The SMILES string of the molecule is CCc1cc(CC)cc(P(C2CCCCC2)C2CCCCC2)c1.[CH3][Pd][Cl]. The third kappa shape index (κ3) is 6.89. The zero-order chi connectivity index (χ0) is 18.8. The van der Waals surface area contributed by atoms with E-state index in [-0.39, 0.29) is 7.92 Å². The second-order valence-corrected chi connectivity index (χ2v) is 12.6. The Labute approximate surface area is 176 Å². The van der Waals surface area contributed by atoms with E-state index < -0.39 is 0 Å². The van der Waals surface area contributed by atoms with Crippen LogP contribution in [0.25, 0.3) is 0 Å². The van der Waals surface area contributed by atoms with Crippen molar-refractivity contribution in [3.8, 4) is 0 Å². The summed E-state index contributed by atoms with van der Waals surface area (Å²) in [6.45, 7) is 4.64. The molecule has 0 saturated heterocycles. The molecule has 2 aliphatic rings. The second-order valence-electron chi connectivity index (χ2n) is 7.83. The molecule has 2 aliphatic carbocycles. The van der Waals surface area contributed by atoms with E-state index >= 15 is 0 Å². The van der Waals surface area contributed by atoms with Gasteiger partial charge in [0.25, 0.3) is 0 Å². The van der Waals surface area contributed by atoms with Crippen LogP contribution in [0.3, 0.4) is 0 Å². The van der Waals surface area contributed by atoms with Crippen LogP contribution in [-0.4, -0.2) is 11.3 Å². The van der Waals surface area contributed by atoms with E-state index in [9.17, 15) is 0 Å². The van der Waals surface area contributed by atoms with Gasteiger partial charge in [-0.15, -0.1) is 0 Å². The number of halogens is 1. The van der Waals surface area contributed by atoms with E-state index in [1.54, 1.807) is 16.4 Å². The summed E-state index contributed by atoms with van der Waals surface area (Å²) >= 11 is 0.422. The molecule has 0 spiro atoms. The molecular weight excluding hydrogens is 449 g/mol. The molecule has 1 aromatic rings. The van der Waals surface area contributed by atoms with Gasteiger partial charge in [-0.3, -0.25) is 0 Å². The van der Waals surface area contributed by atoms with E-state index in [1.807, 2.05) is 5.40 Å². The predicted octanol–water partition coefficient (Wildman–Crippen LogP) is 7.85. The first-order chi connectivity index (χ1) is 12.7. The molecule has 0 aromatic heterocycles. The molecule has 26 heavy (non-hydrogen) atoms. The summed E-state index contributed by atoms with van der Waals surface area (Å²) in [5.74, 6) is 0. The van der Waals surface area contributed by atoms with Crippen LogP contribution < -0.4 is 5.30 Å². The fourth-order valence-electron chi connectivity index (χ4n) is 4.74. The number of rotatable bonds is 5. The first-order valence-electron chi connectivity index (χ1n) is 10.7. The summed E-state index contributed by atoms with van der Waals surface area (Å²) in [6, 6.07) is 7.67. The van der Waals surface area contributed by atoms with Crippen molar-refractivity contribution < 1.29 is 17.0 Å². The monoisotopic (exact) mass is 486 g/mol. The third-order valence-corrected chi connectivity index (χ3v) is 9.55. The fourth-order valence-corrected chi connectivity index (χ4v) is 8.65. The van der Waals surface area contributed by atoms with Crippen LogP contribution in [0, 0.1) is 0 Å². The van der Waals surface area contributed by atoms with Crippen LogP contribution in [0.1, 0.15) is 89.2 Å². The Kier molecular flexibility index (Phi) is 11.4. The van der Waals surface area contributed by atoms with Crippen molar-refractivity contribution in [1.82, 2.24) is 0 Å². The molecule has 0 heterocycles. The van der Waals surface area contributed by atoms with Crippen LogP contribution in [0.2, 0.25) is 5.40 Å². The zero-order valence-electron chi connectivity index (χ0n) is 17.0. The van der Waals surface area contributed by atoms with Gasteiger partial charge in [-0.05, 0) is 66.3 Å². The molecular formula is C23H38ClPPd. The number of hydrogen-bond acceptors (Lipinski definition) is 0. The molecule has 2 saturated carbocycles. The molecule has 0 nitrogen and oxygen atoms in total. The summed E-state index contributed by atoms with van der Waals surface area (Å²) in [7, 11) is 5.11. The summed E-state index contributed by atoms with van der Waals surface area (Å²) < 4.78 is 0. The van der Waals surface area contributed by atoms with Gasteiger partial charge >= 0.3 is 31.9 Å². The van der Waals surface area contributed by atoms with Crippen molar-refractivity contribution >= 4 is 22.8 Å². The molecule has 152 valence electrons. The van der Waals surface area contributed by atoms with E-state index in [4.69, 9.17) is 9.53 Å². The van der Waals surface area contributed by atoms with Gasteiger partial charge in [0.05, 0.1) is 0 Å². The molecule has 0 radical (unpaired) electrons. The van der Waals surface area contributed by atoms with Gasteiger partial charge in [-0.2, -0.15) is 0 Å². The Bertz CT molecular complexity index is 467. The quantitative estimate of drug-likeness (QED) is 0.293. The van der Waals surface area contributed by atoms with Gasteiger partial charge in [0.1, 0.15) is 0 Å². The molecule has 0 atom stereocenters.